The molecule has 0 unspecified atom stereocenters. The second kappa shape index (κ2) is 16.6. The average molecular weight is 551 g/mol. The Morgan fingerprint density at radius 3 is 2.56 bits per heavy atom. The van der Waals surface area contributed by atoms with Gasteiger partial charge in [0.15, 0.2) is 17.1 Å². The number of rotatable bonds is 18. The molecule has 16 nitrogen and oxygen atoms in total. The van der Waals surface area contributed by atoms with Crippen molar-refractivity contribution in [3.63, 3.8) is 0 Å². The van der Waals surface area contributed by atoms with Crippen molar-refractivity contribution < 1.29 is 24.2 Å². The number of nitrogens with zero attached hydrogens (tertiary/aromatic N) is 3. The predicted molar refractivity (Wildman–Crippen MR) is 142 cm³/mol. The summed E-state index contributed by atoms with van der Waals surface area (Å²) in [6.07, 6.45) is 6.10. The molecular weight excluding hydrogens is 512 g/mol. The number of alkyl carbamates (subject to hydrolysis) is 1. The Balaban J connectivity index is 1.77. The summed E-state index contributed by atoms with van der Waals surface area (Å²) in [6.45, 7) is 1.43. The van der Waals surface area contributed by atoms with E-state index in [1.807, 2.05) is 0 Å². The quantitative estimate of drug-likeness (QED) is 0.0656. The van der Waals surface area contributed by atoms with Gasteiger partial charge in [0.2, 0.25) is 5.91 Å². The normalized spacial score (nSPS) is 12.4. The van der Waals surface area contributed by atoms with Gasteiger partial charge >= 0.3 is 12.1 Å². The van der Waals surface area contributed by atoms with Gasteiger partial charge in [0.05, 0.1) is 19.3 Å². The van der Waals surface area contributed by atoms with Crippen molar-refractivity contribution in [3.05, 3.63) is 23.0 Å². The second-order valence-electron chi connectivity index (χ2n) is 8.90. The number of aromatic amines is 1. The van der Waals surface area contributed by atoms with Crippen LogP contribution in [-0.4, -0.2) is 80.3 Å². The number of nitrogens with two attached hydrogens (primary N) is 2. The molecule has 0 aliphatic heterocycles. The third-order valence-electron chi connectivity index (χ3n) is 5.84. The Morgan fingerprint density at radius 2 is 1.85 bits per heavy atom. The summed E-state index contributed by atoms with van der Waals surface area (Å²) in [5.41, 5.74) is 11.2. The molecule has 0 aliphatic carbocycles. The first-order valence-corrected chi connectivity index (χ1v) is 12.9. The zero-order valence-corrected chi connectivity index (χ0v) is 21.8. The van der Waals surface area contributed by atoms with Gasteiger partial charge in [-0.2, -0.15) is 0 Å². The number of carbonyl (C=O) groups excluding carboxylic acids is 2. The standard InChI is InChI=1S/C23H38N10O6/c24-9-3-2-7-15(19(34)31-16(21(36)37)8-6-10-27-22(25)26)32-23(38)39-12-5-1-4-11-33-14-30-17-18(33)28-13-29-20(17)35/h13-16H,1-12,24H2,(H,31,34)(H,32,38)(H,36,37)(H4,25,26,27)(H,28,29,35)/t15-,16-/m0/s1. The maximum absolute atomic E-state index is 12.8. The molecule has 2 rings (SSSR count). The number of carboxylic acids is 1. The number of hydrogen-bond donors (Lipinski definition) is 8. The fraction of sp³-hybridized carbons (Fsp3) is 0.609. The Morgan fingerprint density at radius 1 is 1.08 bits per heavy atom. The van der Waals surface area contributed by atoms with Crippen LogP contribution in [0.4, 0.5) is 4.79 Å². The highest BCUT2D eigenvalue weighted by Gasteiger charge is 2.26. The van der Waals surface area contributed by atoms with Crippen LogP contribution >= 0.6 is 0 Å². The first kappa shape index (κ1) is 31.0. The molecule has 2 amide bonds. The summed E-state index contributed by atoms with van der Waals surface area (Å²) in [5.74, 6) is -2.06. The number of aryl methyl sites for hydroxylation is 1. The number of nitrogens with one attached hydrogen (secondary N) is 5. The minimum atomic E-state index is -1.21. The number of hydrogen-bond acceptors (Lipinski definition) is 9. The SMILES string of the molecule is N=C(N)NCCC[C@H](NC(=O)[C@H](CCCCN)NC(=O)OCCCCCn1cnc2c(=O)[nH]cnc21)C(=O)O. The highest BCUT2D eigenvalue weighted by Crippen LogP contribution is 2.08. The van der Waals surface area contributed by atoms with Crippen LogP contribution in [0.5, 0.6) is 0 Å². The van der Waals surface area contributed by atoms with Crippen LogP contribution in [0.2, 0.25) is 0 Å². The molecular formula is C23H38N10O6. The lowest BCUT2D eigenvalue weighted by atomic mass is 10.1. The molecule has 0 aliphatic rings. The summed E-state index contributed by atoms with van der Waals surface area (Å²) in [6, 6.07) is -2.14. The van der Waals surface area contributed by atoms with Crippen LogP contribution in [0, 0.1) is 5.41 Å². The number of guanidine groups is 1. The van der Waals surface area contributed by atoms with Crippen LogP contribution in [0.3, 0.4) is 0 Å². The van der Waals surface area contributed by atoms with Crippen molar-refractivity contribution in [1.82, 2.24) is 35.5 Å². The largest absolute Gasteiger partial charge is 0.480 e. The van der Waals surface area contributed by atoms with E-state index in [0.29, 0.717) is 44.4 Å². The number of H-pyrrole nitrogens is 1. The van der Waals surface area contributed by atoms with Gasteiger partial charge in [0.25, 0.3) is 5.56 Å². The van der Waals surface area contributed by atoms with E-state index in [1.165, 1.54) is 6.33 Å². The molecule has 10 N–H and O–H groups in total. The highest BCUT2D eigenvalue weighted by molar-refractivity contribution is 5.89. The first-order valence-electron chi connectivity index (χ1n) is 12.9. The van der Waals surface area contributed by atoms with Gasteiger partial charge in [0, 0.05) is 13.1 Å². The Kier molecular flexibility index (Phi) is 13.2. The molecule has 0 bridgehead atoms. The van der Waals surface area contributed by atoms with Crippen molar-refractivity contribution in [2.45, 2.75) is 70.0 Å². The van der Waals surface area contributed by atoms with Gasteiger partial charge in [-0.15, -0.1) is 0 Å². The van der Waals surface area contributed by atoms with Gasteiger partial charge in [-0.1, -0.05) is 0 Å². The number of fused-ring (bicyclic) bond motifs is 1. The number of unbranched alkanes of at least 4 members (excludes halogenated alkanes) is 3. The van der Waals surface area contributed by atoms with Crippen molar-refractivity contribution in [3.8, 4) is 0 Å². The van der Waals surface area contributed by atoms with E-state index in [0.717, 1.165) is 12.8 Å². The van der Waals surface area contributed by atoms with Crippen molar-refractivity contribution >= 4 is 35.1 Å². The summed E-state index contributed by atoms with van der Waals surface area (Å²) in [5, 5.41) is 24.2. The minimum absolute atomic E-state index is 0.114. The third kappa shape index (κ3) is 11.0. The van der Waals surface area contributed by atoms with E-state index in [-0.39, 0.29) is 43.0 Å². The number of carboxylic acid groups (broad SMARTS) is 1. The molecule has 39 heavy (non-hydrogen) atoms. The lowest BCUT2D eigenvalue weighted by molar-refractivity contribution is -0.142. The lowest BCUT2D eigenvalue weighted by Gasteiger charge is -2.21. The van der Waals surface area contributed by atoms with Crippen LogP contribution in [0.15, 0.2) is 17.4 Å². The van der Waals surface area contributed by atoms with Crippen molar-refractivity contribution in [2.75, 3.05) is 19.7 Å². The van der Waals surface area contributed by atoms with Crippen LogP contribution < -0.4 is 33.0 Å². The molecule has 2 aromatic rings. The first-order chi connectivity index (χ1) is 18.7. The molecule has 0 saturated carbocycles. The Labute approximate surface area is 224 Å². The fourth-order valence-corrected chi connectivity index (χ4v) is 3.79. The van der Waals surface area contributed by atoms with Crippen LogP contribution in [0.1, 0.15) is 51.4 Å². The van der Waals surface area contributed by atoms with Gasteiger partial charge in [-0.3, -0.25) is 15.0 Å². The van der Waals surface area contributed by atoms with Gasteiger partial charge in [0.1, 0.15) is 12.1 Å². The predicted octanol–water partition coefficient (Wildman–Crippen LogP) is -0.654. The monoisotopic (exact) mass is 550 g/mol. The molecule has 0 fully saturated rings. The van der Waals surface area contributed by atoms with E-state index in [9.17, 15) is 24.3 Å². The van der Waals surface area contributed by atoms with E-state index in [1.54, 1.807) is 10.9 Å². The van der Waals surface area contributed by atoms with Crippen LogP contribution in [0.25, 0.3) is 11.2 Å². The molecule has 2 atom stereocenters. The molecule has 0 radical (unpaired) electrons. The van der Waals surface area contributed by atoms with Gasteiger partial charge in [-0.05, 0) is 57.9 Å². The summed E-state index contributed by atoms with van der Waals surface area (Å²) in [4.78, 5) is 59.1. The van der Waals surface area contributed by atoms with Crippen molar-refractivity contribution in [1.29, 1.82) is 5.41 Å². The number of aliphatic carboxylic acids is 1. The minimum Gasteiger partial charge on any atom is -0.480 e. The van der Waals surface area contributed by atoms with Gasteiger partial charge in [-0.25, -0.2) is 19.6 Å². The number of aromatic nitrogens is 4. The molecule has 216 valence electrons. The molecule has 2 heterocycles. The number of ether oxygens (including phenoxy) is 1. The fourth-order valence-electron chi connectivity index (χ4n) is 3.79. The smallest absolute Gasteiger partial charge is 0.407 e. The second-order valence-corrected chi connectivity index (χ2v) is 8.90. The Hall–Kier alpha value is -4.21. The summed E-state index contributed by atoms with van der Waals surface area (Å²) < 4.78 is 7.00. The van der Waals surface area contributed by atoms with E-state index >= 15 is 0 Å². The molecule has 0 saturated heterocycles. The topological polar surface area (TPSA) is 256 Å². The molecule has 2 aromatic heterocycles. The van der Waals surface area contributed by atoms with E-state index in [2.05, 4.69) is 30.9 Å². The number of imidazole rings is 1. The number of carbonyl (C=O) groups is 3. The van der Waals surface area contributed by atoms with Crippen LogP contribution in [-0.2, 0) is 20.9 Å². The number of amides is 2. The zero-order chi connectivity index (χ0) is 28.6. The third-order valence-corrected chi connectivity index (χ3v) is 5.84. The van der Waals surface area contributed by atoms with E-state index in [4.69, 9.17) is 21.6 Å². The lowest BCUT2D eigenvalue weighted by Crippen LogP contribution is -2.51. The summed E-state index contributed by atoms with van der Waals surface area (Å²) in [7, 11) is 0. The highest BCUT2D eigenvalue weighted by atomic mass is 16.5. The van der Waals surface area contributed by atoms with Gasteiger partial charge < -0.3 is 46.8 Å². The maximum atomic E-state index is 12.8. The Bertz CT molecular complexity index is 1150. The van der Waals surface area contributed by atoms with Crippen molar-refractivity contribution in [2.24, 2.45) is 11.5 Å². The average Bonchev–Trinajstić information content (AvgIpc) is 3.31. The molecule has 16 heteroatoms. The summed E-state index contributed by atoms with van der Waals surface area (Å²) >= 11 is 0. The maximum Gasteiger partial charge on any atom is 0.407 e. The molecule has 0 aromatic carbocycles. The van der Waals surface area contributed by atoms with E-state index < -0.39 is 30.1 Å². The zero-order valence-electron chi connectivity index (χ0n) is 21.8. The molecule has 0 spiro atoms.